The Balaban J connectivity index is 2.19. The maximum Gasteiger partial charge on any atom is 0.142 e. The summed E-state index contributed by atoms with van der Waals surface area (Å²) in [5.41, 5.74) is 7.01. The van der Waals surface area contributed by atoms with E-state index in [1.165, 1.54) is 6.07 Å². The smallest absolute Gasteiger partial charge is 0.142 e. The van der Waals surface area contributed by atoms with E-state index in [-0.39, 0.29) is 22.9 Å². The third-order valence-electron chi connectivity index (χ3n) is 3.42. The van der Waals surface area contributed by atoms with Crippen LogP contribution in [0.2, 0.25) is 5.02 Å². The van der Waals surface area contributed by atoms with E-state index in [1.807, 2.05) is 6.07 Å². The first kappa shape index (κ1) is 13.7. The number of halogens is 2. The summed E-state index contributed by atoms with van der Waals surface area (Å²) in [4.78, 5) is 2.23. The van der Waals surface area contributed by atoms with Gasteiger partial charge in [0.25, 0.3) is 0 Å². The highest BCUT2D eigenvalue weighted by atomic mass is 35.5. The molecule has 1 saturated heterocycles. The van der Waals surface area contributed by atoms with E-state index in [0.717, 1.165) is 25.1 Å². The molecule has 1 heterocycles. The van der Waals surface area contributed by atoms with E-state index in [0.29, 0.717) is 6.61 Å². The van der Waals surface area contributed by atoms with Crippen molar-refractivity contribution in [3.8, 4) is 0 Å². The second kappa shape index (κ2) is 5.97. The first-order chi connectivity index (χ1) is 8.63. The molecular formula is C13H18ClFN2O. The molecule has 0 aliphatic carbocycles. The van der Waals surface area contributed by atoms with E-state index in [2.05, 4.69) is 4.90 Å². The molecule has 5 heteroatoms. The lowest BCUT2D eigenvalue weighted by Crippen LogP contribution is -2.33. The van der Waals surface area contributed by atoms with Crippen molar-refractivity contribution in [2.24, 2.45) is 5.73 Å². The number of nitrogens with zero attached hydrogens (tertiary/aromatic N) is 1. The Bertz CT molecular complexity index is 416. The molecule has 100 valence electrons. The molecule has 1 aromatic rings. The molecule has 0 spiro atoms. The van der Waals surface area contributed by atoms with Crippen LogP contribution in [-0.4, -0.2) is 37.7 Å². The number of likely N-dealkylation sites (tertiary alicyclic amines) is 1. The fourth-order valence-electron chi connectivity index (χ4n) is 2.50. The van der Waals surface area contributed by atoms with Crippen LogP contribution in [0.1, 0.15) is 18.0 Å². The van der Waals surface area contributed by atoms with Crippen molar-refractivity contribution in [2.75, 3.05) is 26.8 Å². The zero-order valence-corrected chi connectivity index (χ0v) is 11.2. The van der Waals surface area contributed by atoms with Crippen LogP contribution < -0.4 is 5.73 Å². The van der Waals surface area contributed by atoms with Gasteiger partial charge in [-0.2, -0.15) is 0 Å². The molecule has 0 radical (unpaired) electrons. The SMILES string of the molecule is COCCN1CC[C@@H](N)[C@H]1c1ccc(Cl)c(F)c1. The quantitative estimate of drug-likeness (QED) is 0.913. The van der Waals surface area contributed by atoms with Crippen LogP contribution in [0, 0.1) is 5.82 Å². The molecule has 1 aromatic carbocycles. The maximum absolute atomic E-state index is 13.5. The van der Waals surface area contributed by atoms with Gasteiger partial charge < -0.3 is 10.5 Å². The summed E-state index contributed by atoms with van der Waals surface area (Å²) >= 11 is 5.70. The number of nitrogens with two attached hydrogens (primary N) is 1. The topological polar surface area (TPSA) is 38.5 Å². The molecule has 0 bridgehead atoms. The monoisotopic (exact) mass is 272 g/mol. The molecular weight excluding hydrogens is 255 g/mol. The number of hydrogen-bond donors (Lipinski definition) is 1. The number of benzene rings is 1. The van der Waals surface area contributed by atoms with Crippen LogP contribution in [0.3, 0.4) is 0 Å². The highest BCUT2D eigenvalue weighted by Gasteiger charge is 2.32. The molecule has 1 fully saturated rings. The van der Waals surface area contributed by atoms with E-state index in [9.17, 15) is 4.39 Å². The van der Waals surface area contributed by atoms with Crippen LogP contribution in [0.15, 0.2) is 18.2 Å². The molecule has 2 rings (SSSR count). The van der Waals surface area contributed by atoms with Crippen molar-refractivity contribution in [2.45, 2.75) is 18.5 Å². The lowest BCUT2D eigenvalue weighted by molar-refractivity contribution is 0.139. The molecule has 2 atom stereocenters. The molecule has 1 aliphatic rings. The molecule has 2 N–H and O–H groups in total. The fourth-order valence-corrected chi connectivity index (χ4v) is 2.61. The normalized spacial score (nSPS) is 24.7. The Labute approximate surface area is 112 Å². The minimum absolute atomic E-state index is 0.0300. The van der Waals surface area contributed by atoms with Crippen molar-refractivity contribution in [1.29, 1.82) is 0 Å². The summed E-state index contributed by atoms with van der Waals surface area (Å²) in [5.74, 6) is -0.389. The van der Waals surface area contributed by atoms with Crippen molar-refractivity contribution >= 4 is 11.6 Å². The van der Waals surface area contributed by atoms with Crippen LogP contribution in [0.25, 0.3) is 0 Å². The van der Waals surface area contributed by atoms with Crippen LogP contribution in [0.4, 0.5) is 4.39 Å². The van der Waals surface area contributed by atoms with Gasteiger partial charge in [-0.15, -0.1) is 0 Å². The molecule has 1 aliphatic heterocycles. The Kier molecular flexibility index (Phi) is 4.56. The molecule has 0 aromatic heterocycles. The van der Waals surface area contributed by atoms with Crippen molar-refractivity contribution < 1.29 is 9.13 Å². The van der Waals surface area contributed by atoms with Gasteiger partial charge in [0.15, 0.2) is 0 Å². The maximum atomic E-state index is 13.5. The van der Waals surface area contributed by atoms with Crippen LogP contribution in [0.5, 0.6) is 0 Å². The Hall–Kier alpha value is -0.680. The van der Waals surface area contributed by atoms with Gasteiger partial charge >= 0.3 is 0 Å². The highest BCUT2D eigenvalue weighted by Crippen LogP contribution is 2.32. The summed E-state index contributed by atoms with van der Waals surface area (Å²) in [5, 5.41) is 0.147. The van der Waals surface area contributed by atoms with Gasteiger partial charge in [-0.25, -0.2) is 4.39 Å². The summed E-state index contributed by atoms with van der Waals surface area (Å²) in [6.45, 7) is 2.37. The zero-order chi connectivity index (χ0) is 13.1. The van der Waals surface area contributed by atoms with E-state index >= 15 is 0 Å². The van der Waals surface area contributed by atoms with E-state index < -0.39 is 0 Å². The van der Waals surface area contributed by atoms with E-state index in [1.54, 1.807) is 13.2 Å². The zero-order valence-electron chi connectivity index (χ0n) is 10.4. The van der Waals surface area contributed by atoms with Crippen molar-refractivity contribution in [1.82, 2.24) is 4.90 Å². The minimum Gasteiger partial charge on any atom is -0.383 e. The van der Waals surface area contributed by atoms with Gasteiger partial charge in [-0.1, -0.05) is 17.7 Å². The minimum atomic E-state index is -0.389. The molecule has 3 nitrogen and oxygen atoms in total. The number of methoxy groups -OCH3 is 1. The Morgan fingerprint density at radius 3 is 3.00 bits per heavy atom. The largest absolute Gasteiger partial charge is 0.383 e. The lowest BCUT2D eigenvalue weighted by atomic mass is 10.0. The second-order valence-corrected chi connectivity index (χ2v) is 5.01. The van der Waals surface area contributed by atoms with E-state index in [4.69, 9.17) is 22.1 Å². The van der Waals surface area contributed by atoms with Crippen molar-refractivity contribution in [3.63, 3.8) is 0 Å². The highest BCUT2D eigenvalue weighted by molar-refractivity contribution is 6.30. The van der Waals surface area contributed by atoms with Crippen LogP contribution in [-0.2, 0) is 4.74 Å². The van der Waals surface area contributed by atoms with Gasteiger partial charge in [0.05, 0.1) is 17.7 Å². The Morgan fingerprint density at radius 1 is 1.56 bits per heavy atom. The first-order valence-electron chi connectivity index (χ1n) is 6.07. The lowest BCUT2D eigenvalue weighted by Gasteiger charge is -2.27. The fraction of sp³-hybridized carbons (Fsp3) is 0.538. The van der Waals surface area contributed by atoms with Crippen LogP contribution >= 0.6 is 11.6 Å². The number of rotatable bonds is 4. The molecule has 0 unspecified atom stereocenters. The van der Waals surface area contributed by atoms with Gasteiger partial charge in [-0.3, -0.25) is 4.90 Å². The predicted molar refractivity (Wildman–Crippen MR) is 70.2 cm³/mol. The third kappa shape index (κ3) is 2.83. The average molecular weight is 273 g/mol. The number of ether oxygens (including phenoxy) is 1. The summed E-state index contributed by atoms with van der Waals surface area (Å²) < 4.78 is 18.6. The summed E-state index contributed by atoms with van der Waals surface area (Å²) in [7, 11) is 1.67. The molecule has 18 heavy (non-hydrogen) atoms. The molecule has 0 saturated carbocycles. The van der Waals surface area contributed by atoms with Crippen molar-refractivity contribution in [3.05, 3.63) is 34.6 Å². The second-order valence-electron chi connectivity index (χ2n) is 4.60. The van der Waals surface area contributed by atoms with Gasteiger partial charge in [-0.05, 0) is 24.1 Å². The first-order valence-corrected chi connectivity index (χ1v) is 6.45. The van der Waals surface area contributed by atoms with Gasteiger partial charge in [0.2, 0.25) is 0 Å². The average Bonchev–Trinajstić information content (AvgIpc) is 2.71. The molecule has 0 amide bonds. The number of hydrogen-bond acceptors (Lipinski definition) is 3. The predicted octanol–water partition coefficient (Wildman–Crippen LogP) is 2.20. The standard InChI is InChI=1S/C13H18ClFN2O/c1-18-7-6-17-5-4-12(16)13(17)9-2-3-10(14)11(15)8-9/h2-3,8,12-13H,4-7,16H2,1H3/t12-,13-/m1/s1. The Morgan fingerprint density at radius 2 is 2.33 bits per heavy atom. The van der Waals surface area contributed by atoms with Gasteiger partial charge in [0, 0.05) is 26.2 Å². The summed E-state index contributed by atoms with van der Waals surface area (Å²) in [6.07, 6.45) is 0.915. The third-order valence-corrected chi connectivity index (χ3v) is 3.72. The summed E-state index contributed by atoms with van der Waals surface area (Å²) in [6, 6.07) is 5.00. The van der Waals surface area contributed by atoms with Gasteiger partial charge in [0.1, 0.15) is 5.82 Å².